The molecule has 1 aliphatic heterocycles. The van der Waals surface area contributed by atoms with Crippen LogP contribution in [0.3, 0.4) is 0 Å². The van der Waals surface area contributed by atoms with E-state index < -0.39 is 9.84 Å². The van der Waals surface area contributed by atoms with E-state index in [1.54, 1.807) is 11.3 Å². The molecule has 1 aromatic heterocycles. The van der Waals surface area contributed by atoms with Gasteiger partial charge in [-0.1, -0.05) is 6.92 Å². The Hall–Kier alpha value is 0.0900. The van der Waals surface area contributed by atoms with E-state index in [0.717, 1.165) is 16.8 Å². The number of nitrogens with one attached hydrogen (secondary N) is 1. The van der Waals surface area contributed by atoms with Crippen molar-refractivity contribution < 1.29 is 8.42 Å². The molecule has 1 fully saturated rings. The fourth-order valence-electron chi connectivity index (χ4n) is 2.60. The van der Waals surface area contributed by atoms with E-state index in [2.05, 4.69) is 41.2 Å². The number of halogens is 1. The number of sulfone groups is 1. The summed E-state index contributed by atoms with van der Waals surface area (Å²) < 4.78 is 24.4. The van der Waals surface area contributed by atoms with Crippen molar-refractivity contribution in [2.75, 3.05) is 18.1 Å². The molecule has 0 bridgehead atoms. The second-order valence-corrected chi connectivity index (χ2v) is 9.62. The van der Waals surface area contributed by atoms with E-state index in [-0.39, 0.29) is 12.0 Å². The number of aryl methyl sites for hydroxylation is 1. The van der Waals surface area contributed by atoms with Crippen molar-refractivity contribution in [3.8, 4) is 0 Å². The Morgan fingerprint density at radius 1 is 1.61 bits per heavy atom. The molecule has 102 valence electrons. The fourth-order valence-corrected chi connectivity index (χ4v) is 6.20. The zero-order valence-corrected chi connectivity index (χ0v) is 13.8. The molecule has 1 saturated heterocycles. The summed E-state index contributed by atoms with van der Waals surface area (Å²) in [7, 11) is -2.82. The first kappa shape index (κ1) is 14.5. The molecular weight excluding hydrogens is 334 g/mol. The highest BCUT2D eigenvalue weighted by atomic mass is 79.9. The normalized spacial score (nSPS) is 24.3. The molecule has 1 aromatic rings. The molecule has 0 aromatic carbocycles. The SMILES string of the molecule is CCNC(c1cc(Br)sc1C)C1CCS(=O)(=O)C1. The second-order valence-electron chi connectivity index (χ2n) is 4.76. The monoisotopic (exact) mass is 351 g/mol. The van der Waals surface area contributed by atoms with Crippen LogP contribution in [0.25, 0.3) is 0 Å². The number of thiophene rings is 1. The molecule has 1 aliphatic rings. The zero-order chi connectivity index (χ0) is 13.3. The van der Waals surface area contributed by atoms with Crippen molar-refractivity contribution >= 4 is 37.1 Å². The number of rotatable bonds is 4. The summed E-state index contributed by atoms with van der Waals surface area (Å²) in [5.74, 6) is 0.858. The lowest BCUT2D eigenvalue weighted by molar-refractivity contribution is 0.400. The van der Waals surface area contributed by atoms with Crippen LogP contribution in [0.4, 0.5) is 0 Å². The fraction of sp³-hybridized carbons (Fsp3) is 0.667. The van der Waals surface area contributed by atoms with E-state index in [1.165, 1.54) is 10.4 Å². The van der Waals surface area contributed by atoms with Crippen molar-refractivity contribution in [2.24, 2.45) is 5.92 Å². The van der Waals surface area contributed by atoms with Gasteiger partial charge < -0.3 is 5.32 Å². The van der Waals surface area contributed by atoms with Crippen LogP contribution in [-0.4, -0.2) is 26.5 Å². The standard InChI is InChI=1S/C12H18BrNO2S2/c1-3-14-12(9-4-5-18(15,16)7-9)10-6-11(13)17-8(10)2/h6,9,12,14H,3-5,7H2,1-2H3. The average Bonchev–Trinajstić information content (AvgIpc) is 2.78. The van der Waals surface area contributed by atoms with Crippen LogP contribution in [0.1, 0.15) is 29.8 Å². The van der Waals surface area contributed by atoms with E-state index >= 15 is 0 Å². The highest BCUT2D eigenvalue weighted by molar-refractivity contribution is 9.11. The quantitative estimate of drug-likeness (QED) is 0.906. The topological polar surface area (TPSA) is 46.2 Å². The van der Waals surface area contributed by atoms with Crippen LogP contribution >= 0.6 is 27.3 Å². The molecule has 0 radical (unpaired) electrons. The minimum atomic E-state index is -2.82. The van der Waals surface area contributed by atoms with Crippen LogP contribution in [-0.2, 0) is 9.84 Å². The lowest BCUT2D eigenvalue weighted by atomic mass is 9.93. The third kappa shape index (κ3) is 3.15. The number of hydrogen-bond donors (Lipinski definition) is 1. The maximum Gasteiger partial charge on any atom is 0.150 e. The van der Waals surface area contributed by atoms with Crippen LogP contribution in [0, 0.1) is 12.8 Å². The summed E-state index contributed by atoms with van der Waals surface area (Å²) in [6.45, 7) is 5.01. The van der Waals surface area contributed by atoms with Crippen molar-refractivity contribution in [3.05, 3.63) is 20.3 Å². The Morgan fingerprint density at radius 2 is 2.33 bits per heavy atom. The first-order chi connectivity index (χ1) is 8.43. The molecule has 0 aliphatic carbocycles. The highest BCUT2D eigenvalue weighted by Crippen LogP contribution is 2.37. The Morgan fingerprint density at radius 3 is 2.78 bits per heavy atom. The van der Waals surface area contributed by atoms with Gasteiger partial charge in [-0.2, -0.15) is 0 Å². The van der Waals surface area contributed by atoms with Crippen LogP contribution in [0.15, 0.2) is 9.85 Å². The van der Waals surface area contributed by atoms with Crippen molar-refractivity contribution in [2.45, 2.75) is 26.3 Å². The Balaban J connectivity index is 2.26. The smallest absolute Gasteiger partial charge is 0.150 e. The minimum Gasteiger partial charge on any atom is -0.310 e. The van der Waals surface area contributed by atoms with Gasteiger partial charge in [-0.3, -0.25) is 0 Å². The molecule has 18 heavy (non-hydrogen) atoms. The molecule has 0 saturated carbocycles. The van der Waals surface area contributed by atoms with Gasteiger partial charge in [0.25, 0.3) is 0 Å². The lowest BCUT2D eigenvalue weighted by Gasteiger charge is -2.23. The maximum atomic E-state index is 11.6. The summed E-state index contributed by atoms with van der Waals surface area (Å²) in [5, 5.41) is 3.45. The third-order valence-electron chi connectivity index (χ3n) is 3.42. The van der Waals surface area contributed by atoms with Gasteiger partial charge in [0.05, 0.1) is 15.3 Å². The van der Waals surface area contributed by atoms with E-state index in [9.17, 15) is 8.42 Å². The molecule has 1 N–H and O–H groups in total. The first-order valence-corrected chi connectivity index (χ1v) is 9.55. The van der Waals surface area contributed by atoms with Crippen LogP contribution in [0.2, 0.25) is 0 Å². The average molecular weight is 352 g/mol. The summed E-state index contributed by atoms with van der Waals surface area (Å²) in [5.41, 5.74) is 1.25. The minimum absolute atomic E-state index is 0.162. The molecule has 2 unspecified atom stereocenters. The molecule has 2 rings (SSSR count). The van der Waals surface area contributed by atoms with Gasteiger partial charge >= 0.3 is 0 Å². The maximum absolute atomic E-state index is 11.6. The molecule has 0 spiro atoms. The Kier molecular flexibility index (Phi) is 4.52. The molecular formula is C12H18BrNO2S2. The van der Waals surface area contributed by atoms with Gasteiger partial charge in [-0.25, -0.2) is 8.42 Å². The predicted octanol–water partition coefficient (Wildman–Crippen LogP) is 2.90. The van der Waals surface area contributed by atoms with Gasteiger partial charge in [0.2, 0.25) is 0 Å². The molecule has 2 heterocycles. The van der Waals surface area contributed by atoms with Gasteiger partial charge in [0.1, 0.15) is 0 Å². The van der Waals surface area contributed by atoms with E-state index in [0.29, 0.717) is 11.5 Å². The van der Waals surface area contributed by atoms with Crippen molar-refractivity contribution in [1.82, 2.24) is 5.32 Å². The predicted molar refractivity (Wildman–Crippen MR) is 79.9 cm³/mol. The molecule has 0 amide bonds. The van der Waals surface area contributed by atoms with Gasteiger partial charge in [-0.15, -0.1) is 11.3 Å². The van der Waals surface area contributed by atoms with Gasteiger partial charge in [0.15, 0.2) is 9.84 Å². The zero-order valence-electron chi connectivity index (χ0n) is 10.6. The molecule has 6 heteroatoms. The summed E-state index contributed by atoms with van der Waals surface area (Å²) in [4.78, 5) is 1.26. The van der Waals surface area contributed by atoms with Gasteiger partial charge in [0, 0.05) is 10.9 Å². The Labute approximate surface area is 121 Å². The van der Waals surface area contributed by atoms with Crippen LogP contribution < -0.4 is 5.32 Å². The molecule has 2 atom stereocenters. The summed E-state index contributed by atoms with van der Waals surface area (Å²) in [6, 6.07) is 2.29. The van der Waals surface area contributed by atoms with Crippen molar-refractivity contribution in [1.29, 1.82) is 0 Å². The Bertz CT molecular complexity index is 524. The van der Waals surface area contributed by atoms with Gasteiger partial charge in [-0.05, 0) is 53.4 Å². The third-order valence-corrected chi connectivity index (χ3v) is 6.79. The number of hydrogen-bond acceptors (Lipinski definition) is 4. The van der Waals surface area contributed by atoms with E-state index in [4.69, 9.17) is 0 Å². The summed E-state index contributed by atoms with van der Waals surface area (Å²) in [6.07, 6.45) is 0.771. The molecule has 3 nitrogen and oxygen atoms in total. The van der Waals surface area contributed by atoms with Crippen LogP contribution in [0.5, 0.6) is 0 Å². The van der Waals surface area contributed by atoms with E-state index in [1.807, 2.05) is 0 Å². The first-order valence-electron chi connectivity index (χ1n) is 6.12. The summed E-state index contributed by atoms with van der Waals surface area (Å²) >= 11 is 5.22. The second kappa shape index (κ2) is 5.61. The largest absolute Gasteiger partial charge is 0.310 e. The highest BCUT2D eigenvalue weighted by Gasteiger charge is 2.35. The lowest BCUT2D eigenvalue weighted by Crippen LogP contribution is -2.29. The van der Waals surface area contributed by atoms with Crippen molar-refractivity contribution in [3.63, 3.8) is 0 Å².